The van der Waals surface area contributed by atoms with Crippen molar-refractivity contribution in [1.82, 2.24) is 4.98 Å². The minimum atomic E-state index is 0.989. The molecule has 1 nitrogen and oxygen atoms in total. The van der Waals surface area contributed by atoms with E-state index in [9.17, 15) is 0 Å². The number of hydrogen-bond donors (Lipinski definition) is 0. The molecule has 0 fully saturated rings. The second kappa shape index (κ2) is 10.4. The van der Waals surface area contributed by atoms with E-state index in [0.717, 1.165) is 16.8 Å². The maximum atomic E-state index is 4.72. The van der Waals surface area contributed by atoms with E-state index in [1.165, 1.54) is 65.7 Å². The zero-order chi connectivity index (χ0) is 28.8. The molecule has 0 radical (unpaired) electrons. The molecule has 7 aromatic carbocycles. The number of hydrogen-bond acceptors (Lipinski definition) is 1. The number of fused-ring (bicyclic) bond motifs is 3. The van der Waals surface area contributed by atoms with Crippen LogP contribution in [0.4, 0.5) is 0 Å². The van der Waals surface area contributed by atoms with Crippen LogP contribution >= 0.6 is 0 Å². The van der Waals surface area contributed by atoms with Crippen LogP contribution in [0.15, 0.2) is 158 Å². The van der Waals surface area contributed by atoms with Crippen LogP contribution in [-0.2, 0) is 0 Å². The highest BCUT2D eigenvalue weighted by atomic mass is 14.7. The lowest BCUT2D eigenvalue weighted by Gasteiger charge is -2.20. The highest BCUT2D eigenvalue weighted by Gasteiger charge is 2.19. The van der Waals surface area contributed by atoms with Crippen LogP contribution in [0.2, 0.25) is 0 Å². The van der Waals surface area contributed by atoms with Crippen molar-refractivity contribution < 1.29 is 0 Å². The van der Waals surface area contributed by atoms with E-state index in [1.807, 2.05) is 6.20 Å². The Morgan fingerprint density at radius 1 is 0.372 bits per heavy atom. The smallest absolute Gasteiger partial charge is 0.0702 e. The summed E-state index contributed by atoms with van der Waals surface area (Å²) in [5.41, 5.74) is 10.8. The van der Waals surface area contributed by atoms with Crippen LogP contribution in [0.1, 0.15) is 5.56 Å². The van der Waals surface area contributed by atoms with E-state index in [4.69, 9.17) is 4.98 Å². The molecule has 0 saturated carbocycles. The van der Waals surface area contributed by atoms with Crippen LogP contribution in [0.3, 0.4) is 0 Å². The number of aryl methyl sites for hydroxylation is 1. The van der Waals surface area contributed by atoms with Crippen LogP contribution in [-0.4, -0.2) is 4.98 Å². The molecule has 0 aliphatic heterocycles. The first kappa shape index (κ1) is 25.2. The van der Waals surface area contributed by atoms with Gasteiger partial charge in [-0.05, 0) is 90.3 Å². The Morgan fingerprint density at radius 2 is 0.884 bits per heavy atom. The molecule has 0 bridgehead atoms. The third-order valence-electron chi connectivity index (χ3n) is 8.57. The van der Waals surface area contributed by atoms with Gasteiger partial charge in [0.05, 0.1) is 5.69 Å². The molecule has 0 amide bonds. The molecule has 0 saturated heterocycles. The predicted octanol–water partition coefficient (Wildman–Crippen LogP) is 11.5. The number of nitrogens with zero attached hydrogens (tertiary/aromatic N) is 1. The Kier molecular flexibility index (Phi) is 6.09. The van der Waals surface area contributed by atoms with E-state index >= 15 is 0 Å². The minimum absolute atomic E-state index is 0.989. The first-order valence-electron chi connectivity index (χ1n) is 14.8. The summed E-state index contributed by atoms with van der Waals surface area (Å²) in [6.07, 6.45) is 1.94. The SMILES string of the molecule is Cc1ccc(-c2cccc(-c3c4ccccc4c(-c4ccc(-c5ccccc5)c5ccccc45)c4ccccc34)c2)nc1. The zero-order valence-corrected chi connectivity index (χ0v) is 24.0. The van der Waals surface area contributed by atoms with E-state index in [-0.39, 0.29) is 0 Å². The largest absolute Gasteiger partial charge is 0.256 e. The first-order valence-corrected chi connectivity index (χ1v) is 14.8. The fourth-order valence-corrected chi connectivity index (χ4v) is 6.59. The molecule has 1 heterocycles. The van der Waals surface area contributed by atoms with Gasteiger partial charge < -0.3 is 0 Å². The molecular formula is C42H29N. The van der Waals surface area contributed by atoms with Gasteiger partial charge in [0.25, 0.3) is 0 Å². The lowest BCUT2D eigenvalue weighted by Crippen LogP contribution is -1.93. The van der Waals surface area contributed by atoms with Gasteiger partial charge in [0, 0.05) is 11.8 Å². The summed E-state index contributed by atoms with van der Waals surface area (Å²) < 4.78 is 0. The van der Waals surface area contributed by atoms with Gasteiger partial charge in [-0.1, -0.05) is 140 Å². The summed E-state index contributed by atoms with van der Waals surface area (Å²) in [7, 11) is 0. The van der Waals surface area contributed by atoms with Crippen LogP contribution < -0.4 is 0 Å². The van der Waals surface area contributed by atoms with Crippen molar-refractivity contribution in [2.75, 3.05) is 0 Å². The Balaban J connectivity index is 1.42. The van der Waals surface area contributed by atoms with Crippen LogP contribution in [0.5, 0.6) is 0 Å². The van der Waals surface area contributed by atoms with Gasteiger partial charge in [0.1, 0.15) is 0 Å². The summed E-state index contributed by atoms with van der Waals surface area (Å²) in [5, 5.41) is 7.55. The number of pyridine rings is 1. The van der Waals surface area contributed by atoms with E-state index in [2.05, 4.69) is 159 Å². The first-order chi connectivity index (χ1) is 21.3. The Labute approximate surface area is 251 Å². The maximum absolute atomic E-state index is 4.72. The quantitative estimate of drug-likeness (QED) is 0.200. The van der Waals surface area contributed by atoms with E-state index in [0.29, 0.717) is 0 Å². The normalized spacial score (nSPS) is 11.4. The number of aromatic nitrogens is 1. The molecule has 202 valence electrons. The van der Waals surface area contributed by atoms with Gasteiger partial charge in [0.15, 0.2) is 0 Å². The van der Waals surface area contributed by atoms with Gasteiger partial charge in [-0.3, -0.25) is 4.98 Å². The molecule has 0 aliphatic carbocycles. The Hall–Kier alpha value is -5.53. The van der Waals surface area contributed by atoms with Crippen molar-refractivity contribution in [3.8, 4) is 44.6 Å². The molecule has 0 spiro atoms. The summed E-state index contributed by atoms with van der Waals surface area (Å²) in [6.45, 7) is 2.07. The third kappa shape index (κ3) is 4.29. The molecule has 1 aromatic heterocycles. The molecule has 0 aliphatic rings. The lowest BCUT2D eigenvalue weighted by atomic mass is 9.83. The predicted molar refractivity (Wildman–Crippen MR) is 183 cm³/mol. The Bertz CT molecular complexity index is 2220. The van der Waals surface area contributed by atoms with Gasteiger partial charge in [-0.2, -0.15) is 0 Å². The van der Waals surface area contributed by atoms with Gasteiger partial charge in [0.2, 0.25) is 0 Å². The van der Waals surface area contributed by atoms with Crippen molar-refractivity contribution >= 4 is 32.3 Å². The molecule has 8 aromatic rings. The van der Waals surface area contributed by atoms with E-state index < -0.39 is 0 Å². The molecule has 0 atom stereocenters. The third-order valence-corrected chi connectivity index (χ3v) is 8.57. The summed E-state index contributed by atoms with van der Waals surface area (Å²) in [6, 6.07) is 55.0. The highest BCUT2D eigenvalue weighted by Crippen LogP contribution is 2.46. The van der Waals surface area contributed by atoms with Crippen molar-refractivity contribution in [2.24, 2.45) is 0 Å². The summed E-state index contributed by atoms with van der Waals surface area (Å²) >= 11 is 0. The average molecular weight is 548 g/mol. The molecular weight excluding hydrogens is 518 g/mol. The standard InChI is InChI=1S/C42H29N/c1-28-22-25-40(43-27-28)30-14-11-15-31(26-30)41-35-18-7-9-20-37(35)42(38-21-10-8-19-36(38)41)39-24-23-32(29-12-3-2-4-13-29)33-16-5-6-17-34(33)39/h2-27H,1H3. The molecule has 8 rings (SSSR count). The van der Waals surface area contributed by atoms with Crippen molar-refractivity contribution in [3.63, 3.8) is 0 Å². The van der Waals surface area contributed by atoms with Crippen molar-refractivity contribution in [3.05, 3.63) is 163 Å². The average Bonchev–Trinajstić information content (AvgIpc) is 3.07. The molecule has 0 unspecified atom stereocenters. The minimum Gasteiger partial charge on any atom is -0.256 e. The lowest BCUT2D eigenvalue weighted by molar-refractivity contribution is 1.27. The van der Waals surface area contributed by atoms with E-state index in [1.54, 1.807) is 0 Å². The van der Waals surface area contributed by atoms with Crippen molar-refractivity contribution in [2.45, 2.75) is 6.92 Å². The Morgan fingerprint density at radius 3 is 1.51 bits per heavy atom. The monoisotopic (exact) mass is 547 g/mol. The molecule has 1 heteroatoms. The van der Waals surface area contributed by atoms with Gasteiger partial charge in [-0.15, -0.1) is 0 Å². The van der Waals surface area contributed by atoms with Crippen LogP contribution in [0, 0.1) is 6.92 Å². The van der Waals surface area contributed by atoms with Gasteiger partial charge in [-0.25, -0.2) is 0 Å². The van der Waals surface area contributed by atoms with Crippen LogP contribution in [0.25, 0.3) is 77.0 Å². The van der Waals surface area contributed by atoms with Gasteiger partial charge >= 0.3 is 0 Å². The second-order valence-corrected chi connectivity index (χ2v) is 11.2. The number of rotatable bonds is 4. The molecule has 43 heavy (non-hydrogen) atoms. The van der Waals surface area contributed by atoms with Crippen molar-refractivity contribution in [1.29, 1.82) is 0 Å². The topological polar surface area (TPSA) is 12.9 Å². The summed E-state index contributed by atoms with van der Waals surface area (Å²) in [5.74, 6) is 0. The highest BCUT2D eigenvalue weighted by molar-refractivity contribution is 6.24. The fourth-order valence-electron chi connectivity index (χ4n) is 6.59. The zero-order valence-electron chi connectivity index (χ0n) is 24.0. The molecule has 0 N–H and O–H groups in total. The number of benzene rings is 7. The summed E-state index contributed by atoms with van der Waals surface area (Å²) in [4.78, 5) is 4.72. The second-order valence-electron chi connectivity index (χ2n) is 11.2. The maximum Gasteiger partial charge on any atom is 0.0702 e. The fraction of sp³-hybridized carbons (Fsp3) is 0.0238.